The number of ether oxygens (including phenoxy) is 2. The number of halogens is 1. The number of anilines is 4. The van der Waals surface area contributed by atoms with Gasteiger partial charge in [-0.05, 0) is 24.3 Å². The molecule has 0 saturated carbocycles. The van der Waals surface area contributed by atoms with Crippen LogP contribution in [0.1, 0.15) is 0 Å². The van der Waals surface area contributed by atoms with Crippen LogP contribution in [-0.4, -0.2) is 55.3 Å². The molecule has 0 unspecified atom stereocenters. The Balaban J connectivity index is 1.60. The summed E-state index contributed by atoms with van der Waals surface area (Å²) >= 11 is 0. The van der Waals surface area contributed by atoms with Gasteiger partial charge in [-0.2, -0.15) is 0 Å². The van der Waals surface area contributed by atoms with Crippen LogP contribution >= 0.6 is 0 Å². The minimum absolute atomic E-state index is 0.0353. The van der Waals surface area contributed by atoms with Crippen LogP contribution in [0.5, 0.6) is 11.5 Å². The second-order valence-corrected chi connectivity index (χ2v) is 7.27. The molecule has 1 aromatic heterocycles. The van der Waals surface area contributed by atoms with Crippen molar-refractivity contribution >= 4 is 28.7 Å². The van der Waals surface area contributed by atoms with E-state index >= 15 is 0 Å². The first-order chi connectivity index (χ1) is 16.0. The highest BCUT2D eigenvalue weighted by atomic mass is 19.1. The number of benzene rings is 2. The third-order valence-corrected chi connectivity index (χ3v) is 5.42. The summed E-state index contributed by atoms with van der Waals surface area (Å²) in [6.07, 6.45) is 1.28. The quantitative estimate of drug-likeness (QED) is 0.423. The molecule has 0 spiro atoms. The lowest BCUT2D eigenvalue weighted by molar-refractivity contribution is -0.383. The Morgan fingerprint density at radius 1 is 1.03 bits per heavy atom. The second kappa shape index (κ2) is 9.55. The highest BCUT2D eigenvalue weighted by molar-refractivity contribution is 5.77. The van der Waals surface area contributed by atoms with Crippen molar-refractivity contribution in [3.05, 3.63) is 64.7 Å². The number of piperazine rings is 1. The zero-order chi connectivity index (χ0) is 23.4. The maximum atomic E-state index is 14.1. The smallest absolute Gasteiger partial charge is 0.353 e. The molecule has 1 fully saturated rings. The number of aromatic nitrogens is 2. The number of para-hydroxylation sites is 1. The Hall–Kier alpha value is -4.15. The molecule has 1 N–H and O–H groups in total. The second-order valence-electron chi connectivity index (χ2n) is 7.27. The first-order valence-corrected chi connectivity index (χ1v) is 10.2. The molecule has 0 atom stereocenters. The van der Waals surface area contributed by atoms with Gasteiger partial charge in [-0.1, -0.05) is 12.1 Å². The molecule has 1 aliphatic heterocycles. The molecule has 2 heterocycles. The Kier molecular flexibility index (Phi) is 6.38. The van der Waals surface area contributed by atoms with E-state index in [1.54, 1.807) is 36.4 Å². The number of nitro groups is 1. The number of hydrogen-bond donors (Lipinski definition) is 1. The van der Waals surface area contributed by atoms with E-state index in [0.29, 0.717) is 49.1 Å². The van der Waals surface area contributed by atoms with Crippen molar-refractivity contribution in [2.75, 3.05) is 55.5 Å². The predicted molar refractivity (Wildman–Crippen MR) is 122 cm³/mol. The summed E-state index contributed by atoms with van der Waals surface area (Å²) in [5, 5.41) is 15.0. The van der Waals surface area contributed by atoms with Crippen molar-refractivity contribution < 1.29 is 18.8 Å². The van der Waals surface area contributed by atoms with Crippen molar-refractivity contribution in [3.63, 3.8) is 0 Å². The summed E-state index contributed by atoms with van der Waals surface area (Å²) in [5.41, 5.74) is 0.734. The van der Waals surface area contributed by atoms with Crippen LogP contribution in [-0.2, 0) is 0 Å². The van der Waals surface area contributed by atoms with E-state index in [1.165, 1.54) is 26.6 Å². The van der Waals surface area contributed by atoms with Crippen molar-refractivity contribution in [2.24, 2.45) is 0 Å². The molecule has 0 radical (unpaired) electrons. The molecule has 1 aliphatic rings. The Morgan fingerprint density at radius 2 is 1.76 bits per heavy atom. The van der Waals surface area contributed by atoms with Crippen molar-refractivity contribution in [3.8, 4) is 11.5 Å². The minimum atomic E-state index is -0.506. The summed E-state index contributed by atoms with van der Waals surface area (Å²) in [7, 11) is 3.03. The Bertz CT molecular complexity index is 1150. The topological polar surface area (TPSA) is 106 Å². The van der Waals surface area contributed by atoms with Gasteiger partial charge < -0.3 is 24.6 Å². The maximum absolute atomic E-state index is 14.1. The average molecular weight is 454 g/mol. The molecule has 33 heavy (non-hydrogen) atoms. The lowest BCUT2D eigenvalue weighted by Crippen LogP contribution is -2.47. The molecular weight excluding hydrogens is 431 g/mol. The first-order valence-electron chi connectivity index (χ1n) is 10.2. The van der Waals surface area contributed by atoms with Gasteiger partial charge in [0.05, 0.1) is 30.5 Å². The van der Waals surface area contributed by atoms with Gasteiger partial charge in [-0.3, -0.25) is 10.1 Å². The van der Waals surface area contributed by atoms with Crippen LogP contribution in [0.25, 0.3) is 0 Å². The highest BCUT2D eigenvalue weighted by Gasteiger charge is 2.30. The first kappa shape index (κ1) is 22.1. The number of rotatable bonds is 7. The van der Waals surface area contributed by atoms with E-state index in [-0.39, 0.29) is 23.1 Å². The van der Waals surface area contributed by atoms with Crippen LogP contribution in [0, 0.1) is 15.9 Å². The zero-order valence-corrected chi connectivity index (χ0v) is 18.2. The SMILES string of the molecule is COc1ccc(OC)c(Nc2ncnc(N3CCN(c4ccccc4F)CC3)c2[N+](=O)[O-])c1. The van der Waals surface area contributed by atoms with E-state index in [9.17, 15) is 14.5 Å². The molecule has 1 saturated heterocycles. The van der Waals surface area contributed by atoms with Crippen LogP contribution in [0.3, 0.4) is 0 Å². The summed E-state index contributed by atoms with van der Waals surface area (Å²) in [5.74, 6) is 0.974. The van der Waals surface area contributed by atoms with Crippen molar-refractivity contribution in [1.29, 1.82) is 0 Å². The fourth-order valence-corrected chi connectivity index (χ4v) is 3.77. The molecule has 11 heteroatoms. The third kappa shape index (κ3) is 4.56. The van der Waals surface area contributed by atoms with Gasteiger partial charge in [0.15, 0.2) is 0 Å². The molecule has 10 nitrogen and oxygen atoms in total. The van der Waals surface area contributed by atoms with E-state index in [2.05, 4.69) is 15.3 Å². The average Bonchev–Trinajstić information content (AvgIpc) is 2.84. The lowest BCUT2D eigenvalue weighted by Gasteiger charge is -2.36. The van der Waals surface area contributed by atoms with Gasteiger partial charge in [0.25, 0.3) is 0 Å². The fourth-order valence-electron chi connectivity index (χ4n) is 3.77. The fraction of sp³-hybridized carbons (Fsp3) is 0.273. The van der Waals surface area contributed by atoms with Crippen LogP contribution < -0.4 is 24.6 Å². The number of methoxy groups -OCH3 is 2. The molecule has 2 aromatic carbocycles. The van der Waals surface area contributed by atoms with Gasteiger partial charge in [0, 0.05) is 32.2 Å². The van der Waals surface area contributed by atoms with Gasteiger partial charge in [0.1, 0.15) is 23.6 Å². The zero-order valence-electron chi connectivity index (χ0n) is 18.2. The van der Waals surface area contributed by atoms with E-state index in [0.717, 1.165) is 0 Å². The maximum Gasteiger partial charge on any atom is 0.353 e. The van der Waals surface area contributed by atoms with Gasteiger partial charge in [0.2, 0.25) is 11.6 Å². The summed E-state index contributed by atoms with van der Waals surface area (Å²) in [4.78, 5) is 23.6. The summed E-state index contributed by atoms with van der Waals surface area (Å²) in [6.45, 7) is 1.87. The predicted octanol–water partition coefficient (Wildman–Crippen LogP) is 3.61. The molecular formula is C22H23FN6O4. The molecule has 0 aliphatic carbocycles. The Labute approximate surface area is 189 Å². The van der Waals surface area contributed by atoms with Crippen molar-refractivity contribution in [2.45, 2.75) is 0 Å². The van der Waals surface area contributed by atoms with Crippen LogP contribution in [0.4, 0.5) is 33.1 Å². The van der Waals surface area contributed by atoms with E-state index in [1.807, 2.05) is 9.80 Å². The van der Waals surface area contributed by atoms with Crippen molar-refractivity contribution in [1.82, 2.24) is 9.97 Å². The summed E-state index contributed by atoms with van der Waals surface area (Å²) < 4.78 is 24.7. The number of nitrogens with zero attached hydrogens (tertiary/aromatic N) is 5. The Morgan fingerprint density at radius 3 is 2.42 bits per heavy atom. The van der Waals surface area contributed by atoms with E-state index in [4.69, 9.17) is 9.47 Å². The van der Waals surface area contributed by atoms with Gasteiger partial charge >= 0.3 is 5.69 Å². The van der Waals surface area contributed by atoms with Crippen LogP contribution in [0.15, 0.2) is 48.8 Å². The minimum Gasteiger partial charge on any atom is -0.497 e. The standard InChI is InChI=1S/C22H23FN6O4/c1-32-15-7-8-19(33-2)17(13-15)26-21-20(29(30)31)22(25-14-24-21)28-11-9-27(10-12-28)18-6-4-3-5-16(18)23/h3-8,13-14H,9-12H2,1-2H3,(H,24,25,26). The van der Waals surface area contributed by atoms with Crippen LogP contribution in [0.2, 0.25) is 0 Å². The molecule has 0 amide bonds. The summed E-state index contributed by atoms with van der Waals surface area (Å²) in [6, 6.07) is 11.6. The lowest BCUT2D eigenvalue weighted by atomic mass is 10.2. The number of hydrogen-bond acceptors (Lipinski definition) is 9. The highest BCUT2D eigenvalue weighted by Crippen LogP contribution is 2.37. The monoisotopic (exact) mass is 454 g/mol. The largest absolute Gasteiger partial charge is 0.497 e. The van der Waals surface area contributed by atoms with E-state index < -0.39 is 4.92 Å². The molecule has 172 valence electrons. The number of nitrogens with one attached hydrogen (secondary N) is 1. The van der Waals surface area contributed by atoms with Gasteiger partial charge in [-0.25, -0.2) is 14.4 Å². The molecule has 4 rings (SSSR count). The third-order valence-electron chi connectivity index (χ3n) is 5.42. The molecule has 0 bridgehead atoms. The van der Waals surface area contributed by atoms with Gasteiger partial charge in [-0.15, -0.1) is 0 Å². The molecule has 3 aromatic rings. The normalized spacial score (nSPS) is 13.5.